The van der Waals surface area contributed by atoms with Crippen LogP contribution in [0.15, 0.2) is 6.20 Å². The molecule has 19 heavy (non-hydrogen) atoms. The molecule has 2 atom stereocenters. The van der Waals surface area contributed by atoms with Gasteiger partial charge in [-0.1, -0.05) is 6.92 Å². The summed E-state index contributed by atoms with van der Waals surface area (Å²) in [6.07, 6.45) is 2.15. The van der Waals surface area contributed by atoms with Gasteiger partial charge in [-0.3, -0.25) is 4.90 Å². The Morgan fingerprint density at radius 1 is 1.58 bits per heavy atom. The number of ether oxygens (including phenoxy) is 1. The van der Waals surface area contributed by atoms with Gasteiger partial charge in [-0.05, 0) is 38.7 Å². The van der Waals surface area contributed by atoms with Crippen LogP contribution in [0.5, 0.6) is 0 Å². The molecule has 6 heteroatoms. The summed E-state index contributed by atoms with van der Waals surface area (Å²) in [6.45, 7) is 8.39. The minimum Gasteiger partial charge on any atom is -0.444 e. The Hall–Kier alpha value is -1.46. The SMILES string of the molecule is [B]c1cnc([C@@H]2C[C@H](C)CN2C(=O)OC(C)(C)C)[nH]1. The number of likely N-dealkylation sites (tertiary alicyclic amines) is 1. The fraction of sp³-hybridized carbons (Fsp3) is 0.692. The summed E-state index contributed by atoms with van der Waals surface area (Å²) in [5.41, 5.74) is 0.0223. The van der Waals surface area contributed by atoms with Crippen LogP contribution in [0.3, 0.4) is 0 Å². The lowest BCUT2D eigenvalue weighted by molar-refractivity contribution is 0.0214. The van der Waals surface area contributed by atoms with Crippen molar-refractivity contribution in [2.45, 2.75) is 45.8 Å². The Labute approximate surface area is 115 Å². The van der Waals surface area contributed by atoms with Gasteiger partial charge in [-0.25, -0.2) is 9.78 Å². The number of amides is 1. The lowest BCUT2D eigenvalue weighted by Gasteiger charge is -2.27. The number of hydrogen-bond donors (Lipinski definition) is 1. The predicted octanol–water partition coefficient (Wildman–Crippen LogP) is 1.52. The van der Waals surface area contributed by atoms with E-state index in [-0.39, 0.29) is 12.1 Å². The lowest BCUT2D eigenvalue weighted by atomic mass is 10.1. The molecule has 0 saturated carbocycles. The average Bonchev–Trinajstić information content (AvgIpc) is 2.81. The standard InChI is InChI=1S/C13H20BN3O2/c1-8-5-9(11-15-6-10(14)16-11)17(7-8)12(18)19-13(2,3)4/h6,8-9H,5,7H2,1-4H3,(H,15,16)/t8-,9-/m0/s1. The predicted molar refractivity (Wildman–Crippen MR) is 73.4 cm³/mol. The van der Waals surface area contributed by atoms with Gasteiger partial charge in [0.2, 0.25) is 0 Å². The molecule has 1 aromatic rings. The molecule has 0 spiro atoms. The van der Waals surface area contributed by atoms with Gasteiger partial charge in [0.05, 0.1) is 6.04 Å². The van der Waals surface area contributed by atoms with Crippen LogP contribution in [0.25, 0.3) is 0 Å². The number of carbonyl (C=O) groups is 1. The number of carbonyl (C=O) groups excluding carboxylic acids is 1. The number of rotatable bonds is 1. The van der Waals surface area contributed by atoms with E-state index in [1.165, 1.54) is 0 Å². The van der Waals surface area contributed by atoms with Gasteiger partial charge in [-0.2, -0.15) is 0 Å². The number of nitrogens with zero attached hydrogens (tertiary/aromatic N) is 2. The monoisotopic (exact) mass is 261 g/mol. The summed E-state index contributed by atoms with van der Waals surface area (Å²) >= 11 is 0. The maximum atomic E-state index is 12.2. The average molecular weight is 261 g/mol. The van der Waals surface area contributed by atoms with E-state index in [4.69, 9.17) is 12.6 Å². The second kappa shape index (κ2) is 4.91. The Balaban J connectivity index is 2.16. The van der Waals surface area contributed by atoms with Gasteiger partial charge in [0, 0.05) is 12.7 Å². The maximum Gasteiger partial charge on any atom is 0.410 e. The molecule has 0 aromatic carbocycles. The van der Waals surface area contributed by atoms with Crippen molar-refractivity contribution >= 4 is 19.5 Å². The minimum atomic E-state index is -0.490. The molecule has 0 unspecified atom stereocenters. The van der Waals surface area contributed by atoms with Crippen LogP contribution in [0.2, 0.25) is 0 Å². The summed E-state index contributed by atoms with van der Waals surface area (Å²) < 4.78 is 5.44. The number of nitrogens with one attached hydrogen (secondary N) is 1. The second-order valence-corrected chi connectivity index (χ2v) is 6.21. The third-order valence-corrected chi connectivity index (χ3v) is 3.07. The molecule has 1 saturated heterocycles. The lowest BCUT2D eigenvalue weighted by Crippen LogP contribution is -2.37. The molecular formula is C13H20BN3O2. The number of hydrogen-bond acceptors (Lipinski definition) is 3. The summed E-state index contributed by atoms with van der Waals surface area (Å²) in [6, 6.07) is -0.0813. The first-order valence-electron chi connectivity index (χ1n) is 6.56. The van der Waals surface area contributed by atoms with E-state index in [1.807, 2.05) is 20.8 Å². The van der Waals surface area contributed by atoms with E-state index in [9.17, 15) is 4.79 Å². The molecule has 1 fully saturated rings. The van der Waals surface area contributed by atoms with Crippen molar-refractivity contribution in [2.75, 3.05) is 6.54 Å². The smallest absolute Gasteiger partial charge is 0.410 e. The molecule has 5 nitrogen and oxygen atoms in total. The first-order valence-corrected chi connectivity index (χ1v) is 6.56. The Kier molecular flexibility index (Phi) is 3.61. The topological polar surface area (TPSA) is 58.2 Å². The van der Waals surface area contributed by atoms with E-state index in [1.54, 1.807) is 11.1 Å². The Bertz CT molecular complexity index is 467. The summed E-state index contributed by atoms with van der Waals surface area (Å²) in [4.78, 5) is 21.2. The van der Waals surface area contributed by atoms with Gasteiger partial charge in [-0.15, -0.1) is 0 Å². The molecule has 0 aliphatic carbocycles. The zero-order valence-corrected chi connectivity index (χ0v) is 11.9. The number of aromatic amines is 1. The number of imidazole rings is 1. The van der Waals surface area contributed by atoms with Crippen molar-refractivity contribution in [3.8, 4) is 0 Å². The molecule has 1 N–H and O–H groups in total. The maximum absolute atomic E-state index is 12.2. The third kappa shape index (κ3) is 3.30. The highest BCUT2D eigenvalue weighted by atomic mass is 16.6. The molecule has 2 radical (unpaired) electrons. The quantitative estimate of drug-likeness (QED) is 0.780. The zero-order chi connectivity index (χ0) is 14.2. The molecular weight excluding hydrogens is 241 g/mol. The second-order valence-electron chi connectivity index (χ2n) is 6.21. The van der Waals surface area contributed by atoms with E-state index in [2.05, 4.69) is 16.9 Å². The fourth-order valence-electron chi connectivity index (χ4n) is 2.35. The van der Waals surface area contributed by atoms with Crippen molar-refractivity contribution in [1.82, 2.24) is 14.9 Å². The van der Waals surface area contributed by atoms with Crippen LogP contribution >= 0.6 is 0 Å². The van der Waals surface area contributed by atoms with Crippen molar-refractivity contribution < 1.29 is 9.53 Å². The molecule has 0 bridgehead atoms. The normalized spacial score (nSPS) is 23.7. The highest BCUT2D eigenvalue weighted by Gasteiger charge is 2.37. The van der Waals surface area contributed by atoms with Crippen molar-refractivity contribution in [1.29, 1.82) is 0 Å². The van der Waals surface area contributed by atoms with Crippen LogP contribution in [0.4, 0.5) is 4.79 Å². The molecule has 1 aromatic heterocycles. The minimum absolute atomic E-state index is 0.0813. The fourth-order valence-corrected chi connectivity index (χ4v) is 2.35. The number of aromatic nitrogens is 2. The van der Waals surface area contributed by atoms with E-state index in [0.717, 1.165) is 12.2 Å². The number of H-pyrrole nitrogens is 1. The molecule has 2 heterocycles. The van der Waals surface area contributed by atoms with Gasteiger partial charge < -0.3 is 9.72 Å². The highest BCUT2D eigenvalue weighted by Crippen LogP contribution is 2.34. The van der Waals surface area contributed by atoms with Crippen LogP contribution in [0, 0.1) is 5.92 Å². The first-order chi connectivity index (χ1) is 8.76. The Morgan fingerprint density at radius 3 is 2.79 bits per heavy atom. The first kappa shape index (κ1) is 14.0. The third-order valence-electron chi connectivity index (χ3n) is 3.07. The van der Waals surface area contributed by atoms with E-state index in [0.29, 0.717) is 18.1 Å². The van der Waals surface area contributed by atoms with Gasteiger partial charge in [0.15, 0.2) is 0 Å². The molecule has 1 amide bonds. The summed E-state index contributed by atoms with van der Waals surface area (Å²) in [7, 11) is 5.65. The molecule has 2 rings (SSSR count). The van der Waals surface area contributed by atoms with Crippen LogP contribution in [0.1, 0.15) is 46.0 Å². The van der Waals surface area contributed by atoms with Crippen LogP contribution in [-0.2, 0) is 4.74 Å². The van der Waals surface area contributed by atoms with Crippen LogP contribution in [-0.4, -0.2) is 41.0 Å². The van der Waals surface area contributed by atoms with Crippen molar-refractivity contribution in [3.05, 3.63) is 12.0 Å². The molecule has 1 aliphatic rings. The van der Waals surface area contributed by atoms with Gasteiger partial charge >= 0.3 is 6.09 Å². The summed E-state index contributed by atoms with van der Waals surface area (Å²) in [5.74, 6) is 1.15. The van der Waals surface area contributed by atoms with Gasteiger partial charge in [0.1, 0.15) is 19.3 Å². The highest BCUT2D eigenvalue weighted by molar-refractivity contribution is 6.30. The van der Waals surface area contributed by atoms with Crippen molar-refractivity contribution in [2.24, 2.45) is 5.92 Å². The largest absolute Gasteiger partial charge is 0.444 e. The zero-order valence-electron chi connectivity index (χ0n) is 11.9. The summed E-state index contributed by atoms with van der Waals surface area (Å²) in [5, 5.41) is 0. The Morgan fingerprint density at radius 2 is 2.26 bits per heavy atom. The van der Waals surface area contributed by atoms with Crippen LogP contribution < -0.4 is 5.59 Å². The molecule has 1 aliphatic heterocycles. The van der Waals surface area contributed by atoms with E-state index < -0.39 is 5.60 Å². The molecule has 102 valence electrons. The van der Waals surface area contributed by atoms with E-state index >= 15 is 0 Å². The van der Waals surface area contributed by atoms with Gasteiger partial charge in [0.25, 0.3) is 0 Å². The van der Waals surface area contributed by atoms with Crippen molar-refractivity contribution in [3.63, 3.8) is 0 Å².